The summed E-state index contributed by atoms with van der Waals surface area (Å²) in [5.74, 6) is 3.80. The second-order valence-corrected chi connectivity index (χ2v) is 7.08. The van der Waals surface area contributed by atoms with E-state index in [2.05, 4.69) is 34.1 Å². The minimum absolute atomic E-state index is 0.0853. The van der Waals surface area contributed by atoms with Crippen LogP contribution in [0.1, 0.15) is 17.2 Å². The minimum atomic E-state index is -0.0853. The van der Waals surface area contributed by atoms with Gasteiger partial charge in [-0.05, 0) is 23.3 Å². The van der Waals surface area contributed by atoms with Crippen LogP contribution in [0.5, 0.6) is 11.6 Å². The van der Waals surface area contributed by atoms with Crippen molar-refractivity contribution >= 4 is 11.8 Å². The van der Waals surface area contributed by atoms with Crippen LogP contribution in [0.15, 0.2) is 42.6 Å². The second-order valence-electron chi connectivity index (χ2n) is 5.85. The molecule has 0 saturated carbocycles. The van der Waals surface area contributed by atoms with Gasteiger partial charge in [0.05, 0.1) is 0 Å². The Morgan fingerprint density at radius 1 is 1.13 bits per heavy atom. The number of benzene rings is 1. The number of hydrogen-bond donors (Lipinski definition) is 0. The Balaban J connectivity index is 1.42. The van der Waals surface area contributed by atoms with Gasteiger partial charge in [-0.15, -0.1) is 0 Å². The van der Waals surface area contributed by atoms with Gasteiger partial charge in [-0.25, -0.2) is 4.98 Å². The zero-order valence-corrected chi connectivity index (χ0v) is 13.8. The molecule has 1 saturated heterocycles. The first-order valence-corrected chi connectivity index (χ1v) is 9.17. The lowest BCUT2D eigenvalue weighted by Gasteiger charge is -2.27. The number of hydrogen-bond acceptors (Lipinski definition) is 5. The molecule has 4 rings (SSSR count). The number of fused-ring (bicyclic) bond motifs is 1. The van der Waals surface area contributed by atoms with Gasteiger partial charge >= 0.3 is 0 Å². The van der Waals surface area contributed by atoms with E-state index in [9.17, 15) is 0 Å². The van der Waals surface area contributed by atoms with Crippen LogP contribution < -0.4 is 9.47 Å². The molecule has 2 aliphatic heterocycles. The molecular formula is C18H20N2O2S. The molecule has 2 aromatic rings. The van der Waals surface area contributed by atoms with Gasteiger partial charge in [0, 0.05) is 37.3 Å². The highest BCUT2D eigenvalue weighted by Gasteiger charge is 2.23. The third-order valence-electron chi connectivity index (χ3n) is 4.24. The fourth-order valence-electron chi connectivity index (χ4n) is 2.93. The average Bonchev–Trinajstić information content (AvgIpc) is 2.63. The Bertz CT molecular complexity index is 656. The molecule has 1 aromatic heterocycles. The monoisotopic (exact) mass is 328 g/mol. The normalized spacial score (nSPS) is 21.1. The first kappa shape index (κ1) is 14.8. The van der Waals surface area contributed by atoms with E-state index in [-0.39, 0.29) is 6.10 Å². The Morgan fingerprint density at radius 3 is 2.78 bits per heavy atom. The summed E-state index contributed by atoms with van der Waals surface area (Å²) in [5.41, 5.74) is 2.50. The number of pyridine rings is 1. The topological polar surface area (TPSA) is 34.6 Å². The van der Waals surface area contributed by atoms with E-state index in [4.69, 9.17) is 9.47 Å². The van der Waals surface area contributed by atoms with E-state index in [1.807, 2.05) is 23.9 Å². The maximum atomic E-state index is 5.96. The van der Waals surface area contributed by atoms with Crippen molar-refractivity contribution in [3.05, 3.63) is 53.7 Å². The Morgan fingerprint density at radius 2 is 1.96 bits per heavy atom. The van der Waals surface area contributed by atoms with E-state index in [0.717, 1.165) is 17.9 Å². The summed E-state index contributed by atoms with van der Waals surface area (Å²) in [7, 11) is 0. The minimum Gasteiger partial charge on any atom is -0.484 e. The van der Waals surface area contributed by atoms with Crippen molar-refractivity contribution in [2.45, 2.75) is 12.6 Å². The highest BCUT2D eigenvalue weighted by atomic mass is 32.2. The van der Waals surface area contributed by atoms with Crippen LogP contribution in [0, 0.1) is 0 Å². The first-order chi connectivity index (χ1) is 11.4. The van der Waals surface area contributed by atoms with Crippen LogP contribution in [0.25, 0.3) is 0 Å². The molecule has 1 aromatic carbocycles. The van der Waals surface area contributed by atoms with Gasteiger partial charge < -0.3 is 9.47 Å². The van der Waals surface area contributed by atoms with Gasteiger partial charge in [0.2, 0.25) is 0 Å². The Labute approximate surface area is 140 Å². The van der Waals surface area contributed by atoms with Crippen molar-refractivity contribution in [1.82, 2.24) is 9.88 Å². The van der Waals surface area contributed by atoms with Crippen molar-refractivity contribution in [2.24, 2.45) is 0 Å². The molecule has 0 unspecified atom stereocenters. The fourth-order valence-corrected chi connectivity index (χ4v) is 3.91. The number of thioether (sulfide) groups is 1. The average molecular weight is 328 g/mol. The van der Waals surface area contributed by atoms with Crippen molar-refractivity contribution in [3.63, 3.8) is 0 Å². The van der Waals surface area contributed by atoms with Crippen molar-refractivity contribution in [3.8, 4) is 11.6 Å². The van der Waals surface area contributed by atoms with Crippen LogP contribution in [-0.4, -0.2) is 41.1 Å². The standard InChI is InChI=1S/C18H20N2O2S/c1-2-16-18(19-7-1)22-17(13-21-16)15-5-3-14(4-6-15)12-20-8-10-23-11-9-20/h1-7,17H,8-13H2/t17-/m1/s1. The molecule has 0 bridgehead atoms. The molecule has 4 nitrogen and oxygen atoms in total. The van der Waals surface area contributed by atoms with Crippen molar-refractivity contribution in [2.75, 3.05) is 31.2 Å². The summed E-state index contributed by atoms with van der Waals surface area (Å²) < 4.78 is 11.7. The lowest BCUT2D eigenvalue weighted by Crippen LogP contribution is -2.31. The number of aromatic nitrogens is 1. The SMILES string of the molecule is c1cnc2c(c1)OC[C@H](c1ccc(CN3CCSCC3)cc1)O2. The summed E-state index contributed by atoms with van der Waals surface area (Å²) in [4.78, 5) is 6.75. The van der Waals surface area contributed by atoms with E-state index in [0.29, 0.717) is 12.5 Å². The summed E-state index contributed by atoms with van der Waals surface area (Å²) in [6.07, 6.45) is 1.64. The van der Waals surface area contributed by atoms with Gasteiger partial charge in [-0.1, -0.05) is 24.3 Å². The van der Waals surface area contributed by atoms with Crippen LogP contribution in [-0.2, 0) is 6.54 Å². The third kappa shape index (κ3) is 3.46. The summed E-state index contributed by atoms with van der Waals surface area (Å²) in [6.45, 7) is 3.94. The van der Waals surface area contributed by atoms with Gasteiger partial charge in [0.1, 0.15) is 6.61 Å². The number of ether oxygens (including phenoxy) is 2. The highest BCUT2D eigenvalue weighted by Crippen LogP contribution is 2.33. The smallest absolute Gasteiger partial charge is 0.257 e. The predicted octanol–water partition coefficient (Wildman–Crippen LogP) is 3.14. The fraction of sp³-hybridized carbons (Fsp3) is 0.389. The summed E-state index contributed by atoms with van der Waals surface area (Å²) >= 11 is 2.05. The van der Waals surface area contributed by atoms with Gasteiger partial charge in [-0.2, -0.15) is 11.8 Å². The molecule has 0 spiro atoms. The highest BCUT2D eigenvalue weighted by molar-refractivity contribution is 7.99. The molecule has 5 heteroatoms. The molecule has 1 atom stereocenters. The maximum Gasteiger partial charge on any atom is 0.257 e. The third-order valence-corrected chi connectivity index (χ3v) is 5.18. The maximum absolute atomic E-state index is 5.96. The van der Waals surface area contributed by atoms with Crippen LogP contribution in [0.2, 0.25) is 0 Å². The number of rotatable bonds is 3. The van der Waals surface area contributed by atoms with Crippen molar-refractivity contribution < 1.29 is 9.47 Å². The first-order valence-electron chi connectivity index (χ1n) is 8.02. The Kier molecular flexibility index (Phi) is 4.39. The molecule has 0 aliphatic carbocycles. The van der Waals surface area contributed by atoms with Gasteiger partial charge in [0.15, 0.2) is 11.9 Å². The van der Waals surface area contributed by atoms with Crippen LogP contribution in [0.3, 0.4) is 0 Å². The molecule has 23 heavy (non-hydrogen) atoms. The molecule has 120 valence electrons. The van der Waals surface area contributed by atoms with Crippen LogP contribution >= 0.6 is 11.8 Å². The molecule has 0 amide bonds. The molecule has 0 N–H and O–H groups in total. The van der Waals surface area contributed by atoms with Gasteiger partial charge in [0.25, 0.3) is 5.88 Å². The van der Waals surface area contributed by atoms with E-state index in [1.165, 1.54) is 30.2 Å². The summed E-state index contributed by atoms with van der Waals surface area (Å²) in [5, 5.41) is 0. The lowest BCUT2D eigenvalue weighted by molar-refractivity contribution is 0.0851. The zero-order valence-electron chi connectivity index (χ0n) is 13.0. The quantitative estimate of drug-likeness (QED) is 0.865. The molecule has 0 radical (unpaired) electrons. The van der Waals surface area contributed by atoms with E-state index >= 15 is 0 Å². The Hall–Kier alpha value is -1.72. The van der Waals surface area contributed by atoms with Crippen LogP contribution in [0.4, 0.5) is 0 Å². The number of nitrogens with zero attached hydrogens (tertiary/aromatic N) is 2. The van der Waals surface area contributed by atoms with E-state index in [1.54, 1.807) is 6.20 Å². The predicted molar refractivity (Wildman–Crippen MR) is 92.1 cm³/mol. The summed E-state index contributed by atoms with van der Waals surface area (Å²) in [6, 6.07) is 12.4. The second kappa shape index (κ2) is 6.81. The lowest BCUT2D eigenvalue weighted by atomic mass is 10.1. The zero-order chi connectivity index (χ0) is 15.5. The van der Waals surface area contributed by atoms with E-state index < -0.39 is 0 Å². The molecule has 2 aliphatic rings. The molecular weight excluding hydrogens is 308 g/mol. The largest absolute Gasteiger partial charge is 0.484 e. The molecule has 3 heterocycles. The molecule has 1 fully saturated rings. The van der Waals surface area contributed by atoms with Gasteiger partial charge in [-0.3, -0.25) is 4.90 Å². The van der Waals surface area contributed by atoms with Crippen molar-refractivity contribution in [1.29, 1.82) is 0 Å².